The molecular weight excluding hydrogens is 272 g/mol. The molecule has 0 unspecified atom stereocenters. The fourth-order valence-electron chi connectivity index (χ4n) is 1.84. The molecule has 8 heteroatoms. The quantitative estimate of drug-likeness (QED) is 0.614. The van der Waals surface area contributed by atoms with Crippen molar-refractivity contribution in [2.45, 2.75) is 23.8 Å². The fraction of sp³-hybridized carbons (Fsp3) is 0.455. The van der Waals surface area contributed by atoms with Gasteiger partial charge in [0.15, 0.2) is 0 Å². The van der Waals surface area contributed by atoms with Gasteiger partial charge in [-0.3, -0.25) is 10.1 Å². The molecule has 0 spiro atoms. The van der Waals surface area contributed by atoms with Gasteiger partial charge in [-0.1, -0.05) is 0 Å². The Bertz CT molecular complexity index is 565. The van der Waals surface area contributed by atoms with Gasteiger partial charge in [0.1, 0.15) is 0 Å². The standard InChI is InChI=1S/C11H14N2O5S/c14-8-7-12(9-1-2-9)19(17,18)11-5-3-10(4-6-11)13(15)16/h3-6,9,14H,1-2,7-8H2. The van der Waals surface area contributed by atoms with Crippen LogP contribution in [-0.2, 0) is 10.0 Å². The minimum absolute atomic E-state index is 0.0125. The third-order valence-corrected chi connectivity index (χ3v) is 4.89. The number of non-ortho nitro benzene ring substituents is 1. The maximum atomic E-state index is 12.3. The molecular formula is C11H14N2O5S. The van der Waals surface area contributed by atoms with E-state index in [-0.39, 0.29) is 29.8 Å². The number of nitro benzene ring substituents is 1. The van der Waals surface area contributed by atoms with Crippen LogP contribution in [0.5, 0.6) is 0 Å². The highest BCUT2D eigenvalue weighted by atomic mass is 32.2. The number of hydrogen-bond acceptors (Lipinski definition) is 5. The summed E-state index contributed by atoms with van der Waals surface area (Å²) in [5.41, 5.74) is -0.154. The number of benzene rings is 1. The minimum Gasteiger partial charge on any atom is -0.395 e. The summed E-state index contributed by atoms with van der Waals surface area (Å²) in [5.74, 6) is 0. The van der Waals surface area contributed by atoms with Gasteiger partial charge in [-0.05, 0) is 25.0 Å². The van der Waals surface area contributed by atoms with Crippen LogP contribution in [0.3, 0.4) is 0 Å². The molecule has 1 N–H and O–H groups in total. The highest BCUT2D eigenvalue weighted by Gasteiger charge is 2.37. The Morgan fingerprint density at radius 2 is 1.89 bits per heavy atom. The van der Waals surface area contributed by atoms with Crippen LogP contribution in [0.4, 0.5) is 5.69 Å². The molecule has 0 heterocycles. The minimum atomic E-state index is -3.69. The zero-order valence-electron chi connectivity index (χ0n) is 10.1. The molecule has 19 heavy (non-hydrogen) atoms. The number of nitrogens with zero attached hydrogens (tertiary/aromatic N) is 2. The molecule has 0 aromatic heterocycles. The van der Waals surface area contributed by atoms with Crippen LogP contribution in [0.1, 0.15) is 12.8 Å². The highest BCUT2D eigenvalue weighted by Crippen LogP contribution is 2.32. The summed E-state index contributed by atoms with van der Waals surface area (Å²) in [6, 6.07) is 4.71. The number of aliphatic hydroxyl groups is 1. The summed E-state index contributed by atoms with van der Waals surface area (Å²) in [4.78, 5) is 9.96. The highest BCUT2D eigenvalue weighted by molar-refractivity contribution is 7.89. The average Bonchev–Trinajstić information content (AvgIpc) is 3.20. The van der Waals surface area contributed by atoms with Crippen molar-refractivity contribution in [3.8, 4) is 0 Å². The maximum absolute atomic E-state index is 12.3. The van der Waals surface area contributed by atoms with Crippen LogP contribution in [0.25, 0.3) is 0 Å². The maximum Gasteiger partial charge on any atom is 0.269 e. The summed E-state index contributed by atoms with van der Waals surface area (Å²) < 4.78 is 25.9. The first kappa shape index (κ1) is 13.9. The monoisotopic (exact) mass is 286 g/mol. The van der Waals surface area contributed by atoms with Gasteiger partial charge >= 0.3 is 0 Å². The summed E-state index contributed by atoms with van der Waals surface area (Å²) in [6.07, 6.45) is 1.57. The van der Waals surface area contributed by atoms with Crippen LogP contribution in [0.15, 0.2) is 29.2 Å². The van der Waals surface area contributed by atoms with Gasteiger partial charge in [0, 0.05) is 24.7 Å². The van der Waals surface area contributed by atoms with E-state index >= 15 is 0 Å². The normalized spacial score (nSPS) is 15.7. The predicted molar refractivity (Wildman–Crippen MR) is 67.1 cm³/mol. The summed E-state index contributed by atoms with van der Waals surface area (Å²) >= 11 is 0. The van der Waals surface area contributed by atoms with Gasteiger partial charge in [0.2, 0.25) is 10.0 Å². The molecule has 1 aliphatic carbocycles. The van der Waals surface area contributed by atoms with Crippen LogP contribution in [0.2, 0.25) is 0 Å². The summed E-state index contributed by atoms with van der Waals surface area (Å²) in [7, 11) is -3.69. The Kier molecular flexibility index (Phi) is 3.83. The molecule has 0 aliphatic heterocycles. The van der Waals surface area contributed by atoms with E-state index in [0.717, 1.165) is 25.0 Å². The number of rotatable bonds is 6. The van der Waals surface area contributed by atoms with Crippen molar-refractivity contribution in [2.24, 2.45) is 0 Å². The molecule has 0 radical (unpaired) electrons. The second-order valence-electron chi connectivity index (χ2n) is 4.32. The first-order valence-corrected chi connectivity index (χ1v) is 7.28. The molecule has 0 atom stereocenters. The van der Waals surface area contributed by atoms with Gasteiger partial charge in [-0.2, -0.15) is 4.31 Å². The lowest BCUT2D eigenvalue weighted by Gasteiger charge is -2.20. The van der Waals surface area contributed by atoms with Crippen LogP contribution >= 0.6 is 0 Å². The molecule has 1 aromatic carbocycles. The first-order chi connectivity index (χ1) is 8.96. The smallest absolute Gasteiger partial charge is 0.269 e. The molecule has 0 amide bonds. The largest absolute Gasteiger partial charge is 0.395 e. The van der Waals surface area contributed by atoms with Crippen LogP contribution in [0, 0.1) is 10.1 Å². The van der Waals surface area contributed by atoms with Gasteiger partial charge in [0.25, 0.3) is 5.69 Å². The van der Waals surface area contributed by atoms with Crippen molar-refractivity contribution in [2.75, 3.05) is 13.2 Å². The van der Waals surface area contributed by atoms with E-state index < -0.39 is 14.9 Å². The van der Waals surface area contributed by atoms with E-state index in [1.807, 2.05) is 0 Å². The molecule has 1 saturated carbocycles. The van der Waals surface area contributed by atoms with E-state index in [1.165, 1.54) is 16.4 Å². The molecule has 0 saturated heterocycles. The molecule has 1 aromatic rings. The average molecular weight is 286 g/mol. The fourth-order valence-corrected chi connectivity index (χ4v) is 3.51. The van der Waals surface area contributed by atoms with Crippen molar-refractivity contribution < 1.29 is 18.4 Å². The first-order valence-electron chi connectivity index (χ1n) is 5.84. The van der Waals surface area contributed by atoms with Crippen molar-refractivity contribution in [3.05, 3.63) is 34.4 Å². The van der Waals surface area contributed by atoms with E-state index in [2.05, 4.69) is 0 Å². The van der Waals surface area contributed by atoms with Crippen molar-refractivity contribution >= 4 is 15.7 Å². The molecule has 0 bridgehead atoms. The lowest BCUT2D eigenvalue weighted by Crippen LogP contribution is -2.35. The topological polar surface area (TPSA) is 101 Å². The van der Waals surface area contributed by atoms with Gasteiger partial charge in [0.05, 0.1) is 16.4 Å². The number of aliphatic hydroxyl groups excluding tert-OH is 1. The Morgan fingerprint density at radius 1 is 1.32 bits per heavy atom. The van der Waals surface area contributed by atoms with E-state index in [9.17, 15) is 18.5 Å². The Balaban J connectivity index is 2.29. The van der Waals surface area contributed by atoms with Crippen molar-refractivity contribution in [1.29, 1.82) is 0 Å². The Labute approximate surface area is 110 Å². The second kappa shape index (κ2) is 5.24. The number of hydrogen-bond donors (Lipinski definition) is 1. The van der Waals surface area contributed by atoms with Gasteiger partial charge in [-0.25, -0.2) is 8.42 Å². The van der Waals surface area contributed by atoms with Crippen LogP contribution < -0.4 is 0 Å². The van der Waals surface area contributed by atoms with Crippen molar-refractivity contribution in [3.63, 3.8) is 0 Å². The third-order valence-electron chi connectivity index (χ3n) is 2.93. The van der Waals surface area contributed by atoms with E-state index in [4.69, 9.17) is 5.11 Å². The molecule has 1 aliphatic rings. The number of sulfonamides is 1. The zero-order chi connectivity index (χ0) is 14.0. The predicted octanol–water partition coefficient (Wildman–Crippen LogP) is 0.740. The third kappa shape index (κ3) is 2.91. The van der Waals surface area contributed by atoms with Crippen molar-refractivity contribution in [1.82, 2.24) is 4.31 Å². The SMILES string of the molecule is O=[N+]([O-])c1ccc(S(=O)(=O)N(CCO)C2CC2)cc1. The van der Waals surface area contributed by atoms with Gasteiger partial charge < -0.3 is 5.11 Å². The summed E-state index contributed by atoms with van der Waals surface area (Å²) in [5, 5.41) is 19.5. The summed E-state index contributed by atoms with van der Waals surface area (Å²) in [6.45, 7) is -0.202. The van der Waals surface area contributed by atoms with Gasteiger partial charge in [-0.15, -0.1) is 0 Å². The zero-order valence-corrected chi connectivity index (χ0v) is 10.9. The Hall–Kier alpha value is -1.51. The lowest BCUT2D eigenvalue weighted by atomic mass is 10.3. The molecule has 104 valence electrons. The lowest BCUT2D eigenvalue weighted by molar-refractivity contribution is -0.384. The molecule has 7 nitrogen and oxygen atoms in total. The van der Waals surface area contributed by atoms with Crippen LogP contribution in [-0.4, -0.2) is 41.9 Å². The Morgan fingerprint density at radius 3 is 2.32 bits per heavy atom. The second-order valence-corrected chi connectivity index (χ2v) is 6.21. The molecule has 1 fully saturated rings. The molecule has 2 rings (SSSR count). The van der Waals surface area contributed by atoms with E-state index in [0.29, 0.717) is 0 Å². The number of nitro groups is 1. The van der Waals surface area contributed by atoms with E-state index in [1.54, 1.807) is 0 Å².